The first kappa shape index (κ1) is 14.6. The Morgan fingerprint density at radius 2 is 2.25 bits per heavy atom. The number of benzene rings is 1. The molecule has 0 radical (unpaired) electrons. The zero-order chi connectivity index (χ0) is 14.7. The predicted octanol–water partition coefficient (Wildman–Crippen LogP) is 2.29. The van der Waals surface area contributed by atoms with Gasteiger partial charge in [-0.25, -0.2) is 9.59 Å². The highest BCUT2D eigenvalue weighted by atomic mass is 35.5. The van der Waals surface area contributed by atoms with Crippen LogP contribution in [0.25, 0.3) is 0 Å². The average molecular weight is 299 g/mol. The zero-order valence-electron chi connectivity index (χ0n) is 10.9. The molecule has 0 aliphatic carbocycles. The predicted molar refractivity (Wildman–Crippen MR) is 74.4 cm³/mol. The number of hydrogen-bond acceptors (Lipinski definition) is 3. The zero-order valence-corrected chi connectivity index (χ0v) is 11.7. The molecule has 7 heteroatoms. The summed E-state index contributed by atoms with van der Waals surface area (Å²) in [4.78, 5) is 24.5. The van der Waals surface area contributed by atoms with Crippen molar-refractivity contribution in [3.63, 3.8) is 0 Å². The highest BCUT2D eigenvalue weighted by Gasteiger charge is 2.26. The monoisotopic (exact) mass is 298 g/mol. The van der Waals surface area contributed by atoms with E-state index in [-0.39, 0.29) is 22.7 Å². The molecule has 108 valence electrons. The third-order valence-electron chi connectivity index (χ3n) is 3.22. The lowest BCUT2D eigenvalue weighted by molar-refractivity contribution is 0.0697. The molecule has 1 heterocycles. The van der Waals surface area contributed by atoms with Crippen LogP contribution >= 0.6 is 11.6 Å². The van der Waals surface area contributed by atoms with Crippen molar-refractivity contribution in [2.75, 3.05) is 25.5 Å². The van der Waals surface area contributed by atoms with Crippen LogP contribution in [-0.2, 0) is 4.74 Å². The number of carbonyl (C=O) groups excluding carboxylic acids is 1. The third-order valence-corrected chi connectivity index (χ3v) is 3.53. The topological polar surface area (TPSA) is 78.9 Å². The number of aromatic carboxylic acids is 1. The van der Waals surface area contributed by atoms with Crippen LogP contribution < -0.4 is 5.32 Å². The highest BCUT2D eigenvalue weighted by molar-refractivity contribution is 6.33. The molecule has 2 amide bonds. The summed E-state index contributed by atoms with van der Waals surface area (Å²) in [5, 5.41) is 11.7. The van der Waals surface area contributed by atoms with E-state index in [1.807, 2.05) is 0 Å². The van der Waals surface area contributed by atoms with Gasteiger partial charge in [0, 0.05) is 25.9 Å². The first-order valence-electron chi connectivity index (χ1n) is 6.13. The summed E-state index contributed by atoms with van der Waals surface area (Å²) in [7, 11) is 1.62. The number of anilines is 1. The Morgan fingerprint density at radius 3 is 2.80 bits per heavy atom. The maximum absolute atomic E-state index is 12.0. The molecule has 2 N–H and O–H groups in total. The molecular formula is C13H15ClN2O4. The van der Waals surface area contributed by atoms with E-state index in [1.165, 1.54) is 18.2 Å². The third kappa shape index (κ3) is 3.20. The number of nitrogens with one attached hydrogen (secondary N) is 1. The maximum Gasteiger partial charge on any atom is 0.337 e. The van der Waals surface area contributed by atoms with Gasteiger partial charge in [0.1, 0.15) is 0 Å². The van der Waals surface area contributed by atoms with Crippen LogP contribution in [0.4, 0.5) is 10.5 Å². The first-order valence-corrected chi connectivity index (χ1v) is 6.50. The van der Waals surface area contributed by atoms with Crippen LogP contribution in [0.2, 0.25) is 5.02 Å². The highest BCUT2D eigenvalue weighted by Crippen LogP contribution is 2.22. The van der Waals surface area contributed by atoms with E-state index in [0.717, 1.165) is 6.42 Å². The van der Waals surface area contributed by atoms with Crippen molar-refractivity contribution in [2.45, 2.75) is 12.5 Å². The van der Waals surface area contributed by atoms with Crippen molar-refractivity contribution in [2.24, 2.45) is 0 Å². The number of carbonyl (C=O) groups is 2. The minimum Gasteiger partial charge on any atom is -0.478 e. The van der Waals surface area contributed by atoms with Crippen molar-refractivity contribution in [3.8, 4) is 0 Å². The number of nitrogens with zero attached hydrogens (tertiary/aromatic N) is 1. The molecule has 1 aromatic carbocycles. The first-order chi connectivity index (χ1) is 9.51. The van der Waals surface area contributed by atoms with Crippen molar-refractivity contribution < 1.29 is 19.4 Å². The molecule has 20 heavy (non-hydrogen) atoms. The quantitative estimate of drug-likeness (QED) is 0.897. The van der Waals surface area contributed by atoms with Crippen LogP contribution in [-0.4, -0.2) is 48.3 Å². The molecule has 1 aliphatic rings. The summed E-state index contributed by atoms with van der Waals surface area (Å²) in [6.45, 7) is 1.18. The van der Waals surface area contributed by atoms with Gasteiger partial charge in [-0.2, -0.15) is 0 Å². The van der Waals surface area contributed by atoms with Crippen LogP contribution in [0.1, 0.15) is 16.8 Å². The van der Waals surface area contributed by atoms with Gasteiger partial charge >= 0.3 is 12.0 Å². The van der Waals surface area contributed by atoms with Gasteiger partial charge in [-0.1, -0.05) is 11.6 Å². The normalized spacial score (nSPS) is 18.1. The fourth-order valence-corrected chi connectivity index (χ4v) is 2.34. The van der Waals surface area contributed by atoms with Gasteiger partial charge in [-0.3, -0.25) is 0 Å². The molecule has 0 spiro atoms. The number of halogens is 1. The molecule has 1 aliphatic heterocycles. The number of carboxylic acids is 1. The Kier molecular flexibility index (Phi) is 4.46. The second-order valence-electron chi connectivity index (χ2n) is 4.52. The standard InChI is InChI=1S/C13H15ClN2O4/c1-20-9-4-5-16(7-9)13(19)15-8-2-3-10(12(17)18)11(14)6-8/h2-3,6,9H,4-5,7H2,1H3,(H,15,19)(H,17,18). The number of likely N-dealkylation sites (tertiary alicyclic amines) is 1. The molecular weight excluding hydrogens is 284 g/mol. The van der Waals surface area contributed by atoms with Crippen molar-refractivity contribution in [1.29, 1.82) is 0 Å². The van der Waals surface area contributed by atoms with Gasteiger partial charge in [-0.15, -0.1) is 0 Å². The molecule has 1 aromatic rings. The molecule has 1 saturated heterocycles. The van der Waals surface area contributed by atoms with E-state index in [2.05, 4.69) is 5.32 Å². The van der Waals surface area contributed by atoms with E-state index in [4.69, 9.17) is 21.4 Å². The van der Waals surface area contributed by atoms with Gasteiger partial charge in [0.25, 0.3) is 0 Å². The maximum atomic E-state index is 12.0. The average Bonchev–Trinajstić information content (AvgIpc) is 2.87. The summed E-state index contributed by atoms with van der Waals surface area (Å²) in [5.41, 5.74) is 0.469. The van der Waals surface area contributed by atoms with Crippen molar-refractivity contribution >= 4 is 29.3 Å². The second-order valence-corrected chi connectivity index (χ2v) is 4.93. The van der Waals surface area contributed by atoms with Gasteiger partial charge in [0.05, 0.1) is 16.7 Å². The Bertz CT molecular complexity index is 535. The van der Waals surface area contributed by atoms with E-state index in [9.17, 15) is 9.59 Å². The molecule has 1 atom stereocenters. The number of hydrogen-bond donors (Lipinski definition) is 2. The molecule has 1 unspecified atom stereocenters. The fourth-order valence-electron chi connectivity index (χ4n) is 2.07. The molecule has 0 aromatic heterocycles. The number of urea groups is 1. The molecule has 0 saturated carbocycles. The fraction of sp³-hybridized carbons (Fsp3) is 0.385. The summed E-state index contributed by atoms with van der Waals surface area (Å²) in [6, 6.07) is 4.05. The summed E-state index contributed by atoms with van der Waals surface area (Å²) >= 11 is 5.85. The van der Waals surface area contributed by atoms with Crippen molar-refractivity contribution in [1.82, 2.24) is 4.90 Å². The second kappa shape index (κ2) is 6.11. The van der Waals surface area contributed by atoms with Gasteiger partial charge in [0.2, 0.25) is 0 Å². The lowest BCUT2D eigenvalue weighted by Crippen LogP contribution is -2.33. The lowest BCUT2D eigenvalue weighted by Gasteiger charge is -2.17. The van der Waals surface area contributed by atoms with E-state index in [1.54, 1.807) is 12.0 Å². The molecule has 1 fully saturated rings. The number of ether oxygens (including phenoxy) is 1. The van der Waals surface area contributed by atoms with Gasteiger partial charge in [0.15, 0.2) is 0 Å². The number of methoxy groups -OCH3 is 1. The minimum absolute atomic E-state index is 0.00489. The Labute approximate surface area is 121 Å². The van der Waals surface area contributed by atoms with Gasteiger partial charge in [-0.05, 0) is 24.6 Å². The van der Waals surface area contributed by atoms with Crippen LogP contribution in [0, 0.1) is 0 Å². The van der Waals surface area contributed by atoms with E-state index in [0.29, 0.717) is 18.8 Å². The van der Waals surface area contributed by atoms with Gasteiger partial charge < -0.3 is 20.1 Å². The molecule has 6 nitrogen and oxygen atoms in total. The molecule has 0 bridgehead atoms. The molecule has 2 rings (SSSR count). The van der Waals surface area contributed by atoms with E-state index < -0.39 is 5.97 Å². The van der Waals surface area contributed by atoms with Crippen molar-refractivity contribution in [3.05, 3.63) is 28.8 Å². The number of carboxylic acid groups (broad SMARTS) is 1. The van der Waals surface area contributed by atoms with Crippen LogP contribution in [0.15, 0.2) is 18.2 Å². The van der Waals surface area contributed by atoms with E-state index >= 15 is 0 Å². The summed E-state index contributed by atoms with van der Waals surface area (Å²) < 4.78 is 5.19. The largest absolute Gasteiger partial charge is 0.478 e. The Balaban J connectivity index is 2.02. The van der Waals surface area contributed by atoms with Crippen LogP contribution in [0.5, 0.6) is 0 Å². The van der Waals surface area contributed by atoms with Crippen LogP contribution in [0.3, 0.4) is 0 Å². The summed E-state index contributed by atoms with van der Waals surface area (Å²) in [6.07, 6.45) is 0.876. The number of amides is 2. The lowest BCUT2D eigenvalue weighted by atomic mass is 10.2. The Hall–Kier alpha value is -1.79. The Morgan fingerprint density at radius 1 is 1.50 bits per heavy atom. The number of rotatable bonds is 3. The summed E-state index contributed by atoms with van der Waals surface area (Å²) in [5.74, 6) is -1.10. The SMILES string of the molecule is COC1CCN(C(=O)Nc2ccc(C(=O)O)c(Cl)c2)C1. The smallest absolute Gasteiger partial charge is 0.337 e. The minimum atomic E-state index is -1.10.